The topological polar surface area (TPSA) is 50.4 Å². The van der Waals surface area contributed by atoms with Crippen molar-refractivity contribution in [3.8, 4) is 0 Å². The van der Waals surface area contributed by atoms with Gasteiger partial charge in [-0.2, -0.15) is 0 Å². The second-order valence-electron chi connectivity index (χ2n) is 3.50. The van der Waals surface area contributed by atoms with Gasteiger partial charge < -0.3 is 15.4 Å². The highest BCUT2D eigenvalue weighted by Crippen LogP contribution is 1.89. The maximum atomic E-state index is 11.3. The molecule has 0 aliphatic rings. The van der Waals surface area contributed by atoms with E-state index in [-0.39, 0.29) is 5.91 Å². The Morgan fingerprint density at radius 1 is 1.60 bits per heavy atom. The van der Waals surface area contributed by atoms with Crippen LogP contribution in [0, 0.1) is 0 Å². The van der Waals surface area contributed by atoms with Gasteiger partial charge in [-0.15, -0.1) is 6.58 Å². The Labute approximate surface area is 92.1 Å². The van der Waals surface area contributed by atoms with Gasteiger partial charge in [0.1, 0.15) is 0 Å². The molecule has 0 rings (SSSR count). The Kier molecular flexibility index (Phi) is 9.11. The zero-order valence-electron chi connectivity index (χ0n) is 9.71. The van der Waals surface area contributed by atoms with Crippen LogP contribution in [0.4, 0.5) is 0 Å². The molecule has 0 heterocycles. The minimum Gasteiger partial charge on any atom is -0.385 e. The first-order valence-corrected chi connectivity index (χ1v) is 5.30. The molecular formula is C11H22N2O2. The number of carbonyl (C=O) groups excluding carboxylic acids is 1. The van der Waals surface area contributed by atoms with Crippen molar-refractivity contribution in [2.45, 2.75) is 25.8 Å². The zero-order chi connectivity index (χ0) is 11.5. The first kappa shape index (κ1) is 14.1. The van der Waals surface area contributed by atoms with Crippen molar-refractivity contribution in [2.75, 3.05) is 26.8 Å². The first-order chi connectivity index (χ1) is 7.20. The van der Waals surface area contributed by atoms with Gasteiger partial charge in [0.25, 0.3) is 0 Å². The predicted octanol–water partition coefficient (Wildman–Crippen LogP) is 0.693. The number of nitrogens with one attached hydrogen (secondary N) is 2. The van der Waals surface area contributed by atoms with E-state index in [0.717, 1.165) is 12.8 Å². The fourth-order valence-electron chi connectivity index (χ4n) is 1.11. The Hall–Kier alpha value is -0.870. The molecule has 0 saturated heterocycles. The fraction of sp³-hybridized carbons (Fsp3) is 0.727. The molecule has 0 aliphatic carbocycles. The molecule has 4 nitrogen and oxygen atoms in total. The van der Waals surface area contributed by atoms with Gasteiger partial charge in [-0.25, -0.2) is 0 Å². The molecule has 0 aromatic heterocycles. The molecule has 1 atom stereocenters. The number of carbonyl (C=O) groups is 1. The van der Waals surface area contributed by atoms with Crippen LogP contribution in [-0.2, 0) is 9.53 Å². The maximum absolute atomic E-state index is 11.3. The van der Waals surface area contributed by atoms with Crippen LogP contribution in [-0.4, -0.2) is 38.8 Å². The van der Waals surface area contributed by atoms with Crippen molar-refractivity contribution in [1.29, 1.82) is 0 Å². The van der Waals surface area contributed by atoms with E-state index in [1.165, 1.54) is 0 Å². The summed E-state index contributed by atoms with van der Waals surface area (Å²) in [6, 6.07) is 0.298. The van der Waals surface area contributed by atoms with Gasteiger partial charge in [0.2, 0.25) is 5.91 Å². The molecule has 2 N–H and O–H groups in total. The first-order valence-electron chi connectivity index (χ1n) is 5.30. The normalized spacial score (nSPS) is 12.1. The third kappa shape index (κ3) is 9.43. The average Bonchev–Trinajstić information content (AvgIpc) is 2.22. The number of hydrogen-bond acceptors (Lipinski definition) is 3. The standard InChI is InChI=1S/C11H22N2O2/c1-4-6-10(2)13-9-11(14)12-7-5-8-15-3/h4,10,13H,1,5-9H2,2-3H3,(H,12,14). The van der Waals surface area contributed by atoms with Crippen LogP contribution in [0.25, 0.3) is 0 Å². The average molecular weight is 214 g/mol. The summed E-state index contributed by atoms with van der Waals surface area (Å²) in [6.45, 7) is 7.39. The monoisotopic (exact) mass is 214 g/mol. The molecule has 15 heavy (non-hydrogen) atoms. The lowest BCUT2D eigenvalue weighted by molar-refractivity contribution is -0.120. The van der Waals surface area contributed by atoms with E-state index < -0.39 is 0 Å². The summed E-state index contributed by atoms with van der Waals surface area (Å²) in [4.78, 5) is 11.3. The quantitative estimate of drug-likeness (QED) is 0.438. The summed E-state index contributed by atoms with van der Waals surface area (Å²) in [7, 11) is 1.65. The molecule has 0 aromatic rings. The van der Waals surface area contributed by atoms with E-state index in [2.05, 4.69) is 17.2 Å². The van der Waals surface area contributed by atoms with Gasteiger partial charge in [-0.1, -0.05) is 6.08 Å². The van der Waals surface area contributed by atoms with E-state index in [1.54, 1.807) is 7.11 Å². The zero-order valence-corrected chi connectivity index (χ0v) is 9.71. The van der Waals surface area contributed by atoms with E-state index in [1.807, 2.05) is 13.0 Å². The molecule has 0 radical (unpaired) electrons. The van der Waals surface area contributed by atoms with Crippen LogP contribution in [0.1, 0.15) is 19.8 Å². The molecule has 0 fully saturated rings. The number of ether oxygens (including phenoxy) is 1. The number of methoxy groups -OCH3 is 1. The third-order valence-corrected chi connectivity index (χ3v) is 1.98. The van der Waals surface area contributed by atoms with Crippen molar-refractivity contribution < 1.29 is 9.53 Å². The minimum absolute atomic E-state index is 0.0296. The molecule has 4 heteroatoms. The van der Waals surface area contributed by atoms with Crippen LogP contribution in [0.3, 0.4) is 0 Å². The van der Waals surface area contributed by atoms with Gasteiger partial charge >= 0.3 is 0 Å². The molecule has 0 aliphatic heterocycles. The van der Waals surface area contributed by atoms with Crippen LogP contribution >= 0.6 is 0 Å². The number of hydrogen-bond donors (Lipinski definition) is 2. The summed E-state index contributed by atoms with van der Waals surface area (Å²) >= 11 is 0. The summed E-state index contributed by atoms with van der Waals surface area (Å²) in [5.74, 6) is 0.0296. The van der Waals surface area contributed by atoms with Crippen molar-refractivity contribution >= 4 is 5.91 Å². The second kappa shape index (κ2) is 9.68. The molecule has 88 valence electrons. The number of rotatable bonds is 9. The SMILES string of the molecule is C=CCC(C)NCC(=O)NCCCOC. The molecule has 1 unspecified atom stereocenters. The van der Waals surface area contributed by atoms with Crippen molar-refractivity contribution in [2.24, 2.45) is 0 Å². The summed E-state index contributed by atoms with van der Waals surface area (Å²) in [6.07, 6.45) is 3.57. The molecular weight excluding hydrogens is 192 g/mol. The molecule has 0 bridgehead atoms. The van der Waals surface area contributed by atoms with E-state index in [0.29, 0.717) is 25.7 Å². The second-order valence-corrected chi connectivity index (χ2v) is 3.50. The smallest absolute Gasteiger partial charge is 0.233 e. The van der Waals surface area contributed by atoms with Crippen LogP contribution in [0.2, 0.25) is 0 Å². The number of amides is 1. The Balaban J connectivity index is 3.36. The summed E-state index contributed by atoms with van der Waals surface area (Å²) in [5.41, 5.74) is 0. The van der Waals surface area contributed by atoms with Gasteiger partial charge in [0, 0.05) is 26.3 Å². The molecule has 0 spiro atoms. The molecule has 1 amide bonds. The van der Waals surface area contributed by atoms with Gasteiger partial charge in [-0.3, -0.25) is 4.79 Å². The van der Waals surface area contributed by atoms with Crippen LogP contribution in [0.15, 0.2) is 12.7 Å². The van der Waals surface area contributed by atoms with Crippen molar-refractivity contribution in [1.82, 2.24) is 10.6 Å². The van der Waals surface area contributed by atoms with Crippen molar-refractivity contribution in [3.63, 3.8) is 0 Å². The predicted molar refractivity (Wildman–Crippen MR) is 61.8 cm³/mol. The van der Waals surface area contributed by atoms with Gasteiger partial charge in [-0.05, 0) is 19.8 Å². The van der Waals surface area contributed by atoms with Crippen LogP contribution in [0.5, 0.6) is 0 Å². The lowest BCUT2D eigenvalue weighted by atomic mass is 10.2. The summed E-state index contributed by atoms with van der Waals surface area (Å²) < 4.78 is 4.88. The highest BCUT2D eigenvalue weighted by atomic mass is 16.5. The Morgan fingerprint density at radius 2 is 2.33 bits per heavy atom. The van der Waals surface area contributed by atoms with E-state index in [4.69, 9.17) is 4.74 Å². The summed E-state index contributed by atoms with van der Waals surface area (Å²) in [5, 5.41) is 5.92. The highest BCUT2D eigenvalue weighted by molar-refractivity contribution is 5.77. The van der Waals surface area contributed by atoms with Gasteiger partial charge in [0.05, 0.1) is 6.54 Å². The van der Waals surface area contributed by atoms with E-state index >= 15 is 0 Å². The molecule has 0 aromatic carbocycles. The van der Waals surface area contributed by atoms with E-state index in [9.17, 15) is 4.79 Å². The lowest BCUT2D eigenvalue weighted by Crippen LogP contribution is -2.38. The lowest BCUT2D eigenvalue weighted by Gasteiger charge is -2.11. The fourth-order valence-corrected chi connectivity index (χ4v) is 1.11. The molecule has 0 saturated carbocycles. The largest absolute Gasteiger partial charge is 0.385 e. The minimum atomic E-state index is 0.0296. The Morgan fingerprint density at radius 3 is 2.93 bits per heavy atom. The van der Waals surface area contributed by atoms with Crippen molar-refractivity contribution in [3.05, 3.63) is 12.7 Å². The highest BCUT2D eigenvalue weighted by Gasteiger charge is 2.02. The Bertz CT molecular complexity index is 183. The third-order valence-electron chi connectivity index (χ3n) is 1.98. The van der Waals surface area contributed by atoms with Gasteiger partial charge in [0.15, 0.2) is 0 Å². The maximum Gasteiger partial charge on any atom is 0.233 e. The van der Waals surface area contributed by atoms with Crippen LogP contribution < -0.4 is 10.6 Å².